The number of aryl methyl sites for hydroxylation is 1. The second-order valence-corrected chi connectivity index (χ2v) is 4.55. The summed E-state index contributed by atoms with van der Waals surface area (Å²) in [4.78, 5) is 11.1. The Balaban J connectivity index is 2.63. The lowest BCUT2D eigenvalue weighted by Crippen LogP contribution is -2.37. The zero-order valence-corrected chi connectivity index (χ0v) is 10.2. The first-order chi connectivity index (χ1) is 6.95. The first-order valence-electron chi connectivity index (χ1n) is 4.90. The van der Waals surface area contributed by atoms with E-state index in [2.05, 4.69) is 17.9 Å². The molecular formula is C11H17NO2S. The molecular weight excluding hydrogens is 210 g/mol. The van der Waals surface area contributed by atoms with Crippen LogP contribution in [0, 0.1) is 6.92 Å². The van der Waals surface area contributed by atoms with Crippen LogP contribution in [0.25, 0.3) is 0 Å². The number of hydrogen-bond acceptors (Lipinski definition) is 3. The summed E-state index contributed by atoms with van der Waals surface area (Å²) in [6.45, 7) is 6.53. The Bertz CT molecular complexity index is 344. The number of amides is 1. The Morgan fingerprint density at radius 1 is 1.53 bits per heavy atom. The van der Waals surface area contributed by atoms with Gasteiger partial charge in [0.15, 0.2) is 0 Å². The van der Waals surface area contributed by atoms with Crippen molar-refractivity contribution >= 4 is 18.5 Å². The zero-order chi connectivity index (χ0) is 11.5. The van der Waals surface area contributed by atoms with Gasteiger partial charge < -0.3 is 9.73 Å². The Labute approximate surface area is 95.6 Å². The van der Waals surface area contributed by atoms with Crippen LogP contribution in [0.3, 0.4) is 0 Å². The van der Waals surface area contributed by atoms with Gasteiger partial charge in [-0.25, -0.2) is 0 Å². The molecule has 0 saturated heterocycles. The topological polar surface area (TPSA) is 42.2 Å². The summed E-state index contributed by atoms with van der Waals surface area (Å²) in [6, 6.07) is 3.87. The molecule has 1 amide bonds. The molecule has 84 valence electrons. The molecule has 4 heteroatoms. The average Bonchev–Trinajstić information content (AvgIpc) is 2.62. The van der Waals surface area contributed by atoms with Crippen molar-refractivity contribution in [2.45, 2.75) is 26.2 Å². The number of thiol groups is 1. The molecule has 1 aromatic heterocycles. The van der Waals surface area contributed by atoms with Gasteiger partial charge in [-0.15, -0.1) is 0 Å². The lowest BCUT2D eigenvalue weighted by Gasteiger charge is -2.22. The molecule has 0 aliphatic rings. The molecule has 3 nitrogen and oxygen atoms in total. The van der Waals surface area contributed by atoms with E-state index >= 15 is 0 Å². The van der Waals surface area contributed by atoms with E-state index in [1.54, 1.807) is 0 Å². The van der Waals surface area contributed by atoms with E-state index in [-0.39, 0.29) is 17.1 Å². The molecule has 15 heavy (non-hydrogen) atoms. The molecule has 0 atom stereocenters. The van der Waals surface area contributed by atoms with Crippen LogP contribution in [0.1, 0.15) is 25.4 Å². The predicted octanol–water partition coefficient (Wildman–Crippen LogP) is 1.91. The third kappa shape index (κ3) is 3.30. The quantitative estimate of drug-likeness (QED) is 0.772. The molecule has 0 bridgehead atoms. The molecule has 0 fully saturated rings. The highest BCUT2D eigenvalue weighted by Crippen LogP contribution is 2.24. The Morgan fingerprint density at radius 3 is 2.67 bits per heavy atom. The van der Waals surface area contributed by atoms with Gasteiger partial charge in [-0.2, -0.15) is 12.6 Å². The summed E-state index contributed by atoms with van der Waals surface area (Å²) in [5.41, 5.74) is -0.188. The van der Waals surface area contributed by atoms with E-state index in [1.165, 1.54) is 0 Å². The summed E-state index contributed by atoms with van der Waals surface area (Å²) >= 11 is 3.90. The molecule has 1 aromatic rings. The summed E-state index contributed by atoms with van der Waals surface area (Å²) in [5.74, 6) is 1.93. The van der Waals surface area contributed by atoms with Crippen molar-refractivity contribution in [1.29, 1.82) is 0 Å². The molecule has 0 aromatic carbocycles. The van der Waals surface area contributed by atoms with Crippen LogP contribution in [0.2, 0.25) is 0 Å². The maximum absolute atomic E-state index is 11.1. The van der Waals surface area contributed by atoms with Crippen molar-refractivity contribution in [1.82, 2.24) is 5.32 Å². The molecule has 1 rings (SSSR count). The second-order valence-electron chi connectivity index (χ2n) is 4.23. The molecule has 0 spiro atoms. The van der Waals surface area contributed by atoms with Gasteiger partial charge in [0.05, 0.1) is 5.75 Å². The number of nitrogens with one attached hydrogen (secondary N) is 1. The fourth-order valence-electron chi connectivity index (χ4n) is 1.26. The van der Waals surface area contributed by atoms with E-state index in [0.717, 1.165) is 11.5 Å². The molecule has 0 aliphatic heterocycles. The Morgan fingerprint density at radius 2 is 2.20 bits per heavy atom. The van der Waals surface area contributed by atoms with Crippen LogP contribution in [-0.4, -0.2) is 18.2 Å². The fourth-order valence-corrected chi connectivity index (χ4v) is 1.37. The number of carbonyl (C=O) groups is 1. The normalized spacial score (nSPS) is 11.5. The largest absolute Gasteiger partial charge is 0.466 e. The van der Waals surface area contributed by atoms with Crippen molar-refractivity contribution in [3.05, 3.63) is 23.7 Å². The van der Waals surface area contributed by atoms with Crippen LogP contribution < -0.4 is 5.32 Å². The molecule has 0 aliphatic carbocycles. The van der Waals surface area contributed by atoms with Crippen molar-refractivity contribution in [2.75, 3.05) is 12.3 Å². The lowest BCUT2D eigenvalue weighted by atomic mass is 9.90. The highest BCUT2D eigenvalue weighted by molar-refractivity contribution is 7.81. The monoisotopic (exact) mass is 227 g/mol. The molecule has 1 heterocycles. The highest BCUT2D eigenvalue weighted by Gasteiger charge is 2.24. The van der Waals surface area contributed by atoms with Crippen molar-refractivity contribution in [3.8, 4) is 0 Å². The van der Waals surface area contributed by atoms with Crippen molar-refractivity contribution in [3.63, 3.8) is 0 Å². The molecule has 0 saturated carbocycles. The Kier molecular flexibility index (Phi) is 3.85. The van der Waals surface area contributed by atoms with Crippen LogP contribution in [0.15, 0.2) is 16.5 Å². The number of rotatable bonds is 4. The SMILES string of the molecule is Cc1ccc(C(C)(C)CNC(=O)CS)o1. The van der Waals surface area contributed by atoms with E-state index in [4.69, 9.17) is 4.42 Å². The van der Waals surface area contributed by atoms with Gasteiger partial charge in [0.25, 0.3) is 0 Å². The first kappa shape index (κ1) is 12.2. The number of furan rings is 1. The number of hydrogen-bond donors (Lipinski definition) is 2. The van der Waals surface area contributed by atoms with Crippen LogP contribution in [0.5, 0.6) is 0 Å². The first-order valence-corrected chi connectivity index (χ1v) is 5.53. The summed E-state index contributed by atoms with van der Waals surface area (Å²) < 4.78 is 5.54. The van der Waals surface area contributed by atoms with Gasteiger partial charge >= 0.3 is 0 Å². The maximum Gasteiger partial charge on any atom is 0.229 e. The van der Waals surface area contributed by atoms with E-state index < -0.39 is 0 Å². The van der Waals surface area contributed by atoms with Gasteiger partial charge in [0, 0.05) is 12.0 Å². The van der Waals surface area contributed by atoms with Gasteiger partial charge in [-0.05, 0) is 19.1 Å². The van der Waals surface area contributed by atoms with E-state index in [9.17, 15) is 4.79 Å². The third-order valence-electron chi connectivity index (χ3n) is 2.28. The zero-order valence-electron chi connectivity index (χ0n) is 9.33. The average molecular weight is 227 g/mol. The van der Waals surface area contributed by atoms with Gasteiger partial charge in [-0.3, -0.25) is 4.79 Å². The lowest BCUT2D eigenvalue weighted by molar-refractivity contribution is -0.118. The molecule has 0 unspecified atom stereocenters. The fraction of sp³-hybridized carbons (Fsp3) is 0.545. The van der Waals surface area contributed by atoms with Gasteiger partial charge in [-0.1, -0.05) is 13.8 Å². The predicted molar refractivity (Wildman–Crippen MR) is 63.3 cm³/mol. The minimum absolute atomic E-state index is 0.0605. The summed E-state index contributed by atoms with van der Waals surface area (Å²) in [5, 5.41) is 2.81. The van der Waals surface area contributed by atoms with Crippen LogP contribution in [0.4, 0.5) is 0 Å². The smallest absolute Gasteiger partial charge is 0.229 e. The van der Waals surface area contributed by atoms with Crippen LogP contribution in [-0.2, 0) is 10.2 Å². The summed E-state index contributed by atoms with van der Waals surface area (Å²) in [6.07, 6.45) is 0. The number of carbonyl (C=O) groups excluding carboxylic acids is 1. The maximum atomic E-state index is 11.1. The highest BCUT2D eigenvalue weighted by atomic mass is 32.1. The standard InChI is InChI=1S/C11H17NO2S/c1-8-4-5-9(14-8)11(2,3)7-12-10(13)6-15/h4-5,15H,6-7H2,1-3H3,(H,12,13). The second kappa shape index (κ2) is 4.75. The van der Waals surface area contributed by atoms with Crippen LogP contribution >= 0.6 is 12.6 Å². The van der Waals surface area contributed by atoms with Crippen molar-refractivity contribution < 1.29 is 9.21 Å². The third-order valence-corrected chi connectivity index (χ3v) is 2.57. The summed E-state index contributed by atoms with van der Waals surface area (Å²) in [7, 11) is 0. The molecule has 1 N–H and O–H groups in total. The van der Waals surface area contributed by atoms with Crippen molar-refractivity contribution in [2.24, 2.45) is 0 Å². The van der Waals surface area contributed by atoms with Gasteiger partial charge in [0.1, 0.15) is 11.5 Å². The van der Waals surface area contributed by atoms with Gasteiger partial charge in [0.2, 0.25) is 5.91 Å². The Hall–Kier alpha value is -0.900. The minimum atomic E-state index is -0.188. The van der Waals surface area contributed by atoms with E-state index in [0.29, 0.717) is 6.54 Å². The van der Waals surface area contributed by atoms with E-state index in [1.807, 2.05) is 32.9 Å². The molecule has 0 radical (unpaired) electrons. The minimum Gasteiger partial charge on any atom is -0.466 e.